The van der Waals surface area contributed by atoms with Crippen LogP contribution in [0.3, 0.4) is 0 Å². The number of nitrogens with two attached hydrogens (primary N) is 1. The molecule has 1 atom stereocenters. The molecule has 10 heteroatoms. The molecular formula is C26H33ClN4O5. The number of nitrogens with zero attached hydrogens (tertiary/aromatic N) is 2. The van der Waals surface area contributed by atoms with E-state index in [9.17, 15) is 14.7 Å². The van der Waals surface area contributed by atoms with Crippen molar-refractivity contribution in [3.63, 3.8) is 0 Å². The highest BCUT2D eigenvalue weighted by Gasteiger charge is 2.28. The van der Waals surface area contributed by atoms with E-state index in [1.165, 1.54) is 13.2 Å². The number of halogens is 1. The predicted molar refractivity (Wildman–Crippen MR) is 138 cm³/mol. The van der Waals surface area contributed by atoms with Gasteiger partial charge in [-0.25, -0.2) is 0 Å². The van der Waals surface area contributed by atoms with Gasteiger partial charge in [0.25, 0.3) is 11.8 Å². The minimum absolute atomic E-state index is 0.00893. The summed E-state index contributed by atoms with van der Waals surface area (Å²) in [4.78, 5) is 29.7. The quantitative estimate of drug-likeness (QED) is 0.484. The monoisotopic (exact) mass is 516 g/mol. The third-order valence-corrected chi connectivity index (χ3v) is 7.14. The first-order chi connectivity index (χ1) is 17.3. The van der Waals surface area contributed by atoms with Crippen molar-refractivity contribution in [2.24, 2.45) is 5.92 Å². The number of piperidine rings is 1. The SMILES string of the molecule is COc1cc(N)c(Cl)cc1C(=O)NCC1CN(CC2CCN(C(=O)c3ccc(O)cc3)CC2)CCO1. The smallest absolute Gasteiger partial charge is 0.255 e. The number of carbonyl (C=O) groups excluding carboxylic acids is 2. The van der Waals surface area contributed by atoms with Crippen LogP contribution in [0.4, 0.5) is 5.69 Å². The van der Waals surface area contributed by atoms with Gasteiger partial charge < -0.3 is 30.5 Å². The Bertz CT molecular complexity index is 1070. The predicted octanol–water partition coefficient (Wildman–Crippen LogP) is 2.62. The van der Waals surface area contributed by atoms with Crippen LogP contribution in [0.2, 0.25) is 5.02 Å². The number of aromatic hydroxyl groups is 1. The molecule has 2 aromatic carbocycles. The maximum Gasteiger partial charge on any atom is 0.255 e. The Balaban J connectivity index is 1.23. The molecule has 0 spiro atoms. The third-order valence-electron chi connectivity index (χ3n) is 6.81. The molecular weight excluding hydrogens is 484 g/mol. The number of ether oxygens (including phenoxy) is 2. The first-order valence-corrected chi connectivity index (χ1v) is 12.5. The van der Waals surface area contributed by atoms with Crippen molar-refractivity contribution in [3.8, 4) is 11.5 Å². The van der Waals surface area contributed by atoms with Crippen LogP contribution < -0.4 is 15.8 Å². The van der Waals surface area contributed by atoms with E-state index in [2.05, 4.69) is 10.2 Å². The van der Waals surface area contributed by atoms with Crippen molar-refractivity contribution >= 4 is 29.1 Å². The van der Waals surface area contributed by atoms with Gasteiger partial charge in [-0.05, 0) is 49.1 Å². The molecule has 0 radical (unpaired) electrons. The van der Waals surface area contributed by atoms with Crippen LogP contribution in [0.15, 0.2) is 36.4 Å². The van der Waals surface area contributed by atoms with Gasteiger partial charge in [0.05, 0.1) is 36.1 Å². The van der Waals surface area contributed by atoms with Crippen LogP contribution in [0.5, 0.6) is 11.5 Å². The van der Waals surface area contributed by atoms with E-state index in [4.69, 9.17) is 26.8 Å². The lowest BCUT2D eigenvalue weighted by molar-refractivity contribution is -0.0332. The lowest BCUT2D eigenvalue weighted by Crippen LogP contribution is -2.50. The molecule has 9 nitrogen and oxygen atoms in total. The van der Waals surface area contributed by atoms with Crippen molar-refractivity contribution in [1.29, 1.82) is 0 Å². The average molecular weight is 517 g/mol. The summed E-state index contributed by atoms with van der Waals surface area (Å²) in [5.41, 5.74) is 7.09. The van der Waals surface area contributed by atoms with E-state index in [1.54, 1.807) is 30.3 Å². The molecule has 4 rings (SSSR count). The molecule has 4 N–H and O–H groups in total. The van der Waals surface area contributed by atoms with Gasteiger partial charge in [0.2, 0.25) is 0 Å². The van der Waals surface area contributed by atoms with Crippen LogP contribution in [-0.2, 0) is 4.74 Å². The maximum atomic E-state index is 12.7. The van der Waals surface area contributed by atoms with E-state index in [0.29, 0.717) is 46.7 Å². The van der Waals surface area contributed by atoms with Crippen LogP contribution in [0.25, 0.3) is 0 Å². The number of nitrogens with one attached hydrogen (secondary N) is 1. The number of benzene rings is 2. The van der Waals surface area contributed by atoms with Crippen LogP contribution >= 0.6 is 11.6 Å². The average Bonchev–Trinajstić information content (AvgIpc) is 2.89. The van der Waals surface area contributed by atoms with E-state index in [0.717, 1.165) is 45.6 Å². The zero-order chi connectivity index (χ0) is 25.7. The number of likely N-dealkylation sites (tertiary alicyclic amines) is 1. The summed E-state index contributed by atoms with van der Waals surface area (Å²) < 4.78 is 11.2. The molecule has 36 heavy (non-hydrogen) atoms. The fraction of sp³-hybridized carbons (Fsp3) is 0.462. The number of hydrogen-bond acceptors (Lipinski definition) is 7. The largest absolute Gasteiger partial charge is 0.508 e. The van der Waals surface area contributed by atoms with E-state index >= 15 is 0 Å². The summed E-state index contributed by atoms with van der Waals surface area (Å²) in [7, 11) is 1.48. The van der Waals surface area contributed by atoms with Gasteiger partial charge in [-0.15, -0.1) is 0 Å². The highest BCUT2D eigenvalue weighted by atomic mass is 35.5. The lowest BCUT2D eigenvalue weighted by atomic mass is 9.95. The molecule has 2 fully saturated rings. The second-order valence-corrected chi connectivity index (χ2v) is 9.73. The number of carbonyl (C=O) groups is 2. The molecule has 2 aromatic rings. The third kappa shape index (κ3) is 6.40. The molecule has 2 aliphatic rings. The summed E-state index contributed by atoms with van der Waals surface area (Å²) in [6, 6.07) is 9.46. The Kier molecular flexibility index (Phi) is 8.56. The molecule has 0 saturated carbocycles. The first kappa shape index (κ1) is 26.1. The van der Waals surface area contributed by atoms with Crippen molar-refractivity contribution in [2.75, 3.05) is 58.7 Å². The Morgan fingerprint density at radius 2 is 1.92 bits per heavy atom. The van der Waals surface area contributed by atoms with Crippen molar-refractivity contribution < 1.29 is 24.2 Å². The second kappa shape index (κ2) is 11.8. The van der Waals surface area contributed by atoms with E-state index in [-0.39, 0.29) is 23.7 Å². The fourth-order valence-electron chi connectivity index (χ4n) is 4.76. The van der Waals surface area contributed by atoms with Gasteiger partial charge in [0.15, 0.2) is 0 Å². The molecule has 0 bridgehead atoms. The van der Waals surface area contributed by atoms with Crippen LogP contribution in [0.1, 0.15) is 33.6 Å². The molecule has 2 amide bonds. The van der Waals surface area contributed by atoms with Crippen molar-refractivity contribution in [3.05, 3.63) is 52.5 Å². The van der Waals surface area contributed by atoms with Crippen LogP contribution in [0, 0.1) is 5.92 Å². The molecule has 2 aliphatic heterocycles. The summed E-state index contributed by atoms with van der Waals surface area (Å²) in [5.74, 6) is 0.747. The Hall–Kier alpha value is -3.01. The van der Waals surface area contributed by atoms with Gasteiger partial charge >= 0.3 is 0 Å². The second-order valence-electron chi connectivity index (χ2n) is 9.32. The van der Waals surface area contributed by atoms with Gasteiger partial charge in [-0.3, -0.25) is 14.5 Å². The van der Waals surface area contributed by atoms with Gasteiger partial charge in [-0.1, -0.05) is 11.6 Å². The summed E-state index contributed by atoms with van der Waals surface area (Å²) >= 11 is 6.09. The normalized spacial score (nSPS) is 19.2. The van der Waals surface area contributed by atoms with Gasteiger partial charge in [0, 0.05) is 50.9 Å². The Morgan fingerprint density at radius 1 is 1.19 bits per heavy atom. The minimum Gasteiger partial charge on any atom is -0.508 e. The minimum atomic E-state index is -0.292. The first-order valence-electron chi connectivity index (χ1n) is 12.2. The molecule has 194 valence electrons. The standard InChI is InChI=1S/C26H33ClN4O5/c1-35-24-13-23(28)22(27)12-21(24)25(33)29-14-20-16-30(10-11-36-20)15-17-6-8-31(9-7-17)26(34)18-2-4-19(32)5-3-18/h2-5,12-13,17,20,32H,6-11,14-16,28H2,1H3,(H,29,33). The maximum absolute atomic E-state index is 12.7. The number of rotatable bonds is 7. The van der Waals surface area contributed by atoms with E-state index in [1.807, 2.05) is 4.90 Å². The number of nitrogen functional groups attached to an aromatic ring is 1. The molecule has 1 unspecified atom stereocenters. The highest BCUT2D eigenvalue weighted by molar-refractivity contribution is 6.33. The van der Waals surface area contributed by atoms with Crippen molar-refractivity contribution in [1.82, 2.24) is 15.1 Å². The molecule has 2 heterocycles. The number of methoxy groups -OCH3 is 1. The molecule has 0 aromatic heterocycles. The topological polar surface area (TPSA) is 117 Å². The fourth-order valence-corrected chi connectivity index (χ4v) is 4.92. The molecule has 2 saturated heterocycles. The van der Waals surface area contributed by atoms with Gasteiger partial charge in [-0.2, -0.15) is 0 Å². The zero-order valence-corrected chi connectivity index (χ0v) is 21.2. The number of morpholine rings is 1. The van der Waals surface area contributed by atoms with E-state index < -0.39 is 0 Å². The number of amides is 2. The lowest BCUT2D eigenvalue weighted by Gasteiger charge is -2.38. The summed E-state index contributed by atoms with van der Waals surface area (Å²) in [6.07, 6.45) is 1.77. The summed E-state index contributed by atoms with van der Waals surface area (Å²) in [6.45, 7) is 4.94. The van der Waals surface area contributed by atoms with Crippen LogP contribution in [-0.4, -0.2) is 85.8 Å². The number of anilines is 1. The van der Waals surface area contributed by atoms with Gasteiger partial charge in [0.1, 0.15) is 11.5 Å². The zero-order valence-electron chi connectivity index (χ0n) is 20.4. The number of hydrogen-bond donors (Lipinski definition) is 3. The highest BCUT2D eigenvalue weighted by Crippen LogP contribution is 2.29. The Labute approximate surface area is 216 Å². The molecule has 0 aliphatic carbocycles. The van der Waals surface area contributed by atoms with Crippen molar-refractivity contribution in [2.45, 2.75) is 18.9 Å². The Morgan fingerprint density at radius 3 is 2.61 bits per heavy atom. The summed E-state index contributed by atoms with van der Waals surface area (Å²) in [5, 5.41) is 12.7. The number of phenolic OH excluding ortho intramolecular Hbond substituents is 1. The number of phenols is 1.